The summed E-state index contributed by atoms with van der Waals surface area (Å²) in [6, 6.07) is 6.17. The molecule has 82 valence electrons. The highest BCUT2D eigenvalue weighted by atomic mass is 32.1. The van der Waals surface area contributed by atoms with Gasteiger partial charge >= 0.3 is 0 Å². The molecule has 0 bridgehead atoms. The molecule has 0 atom stereocenters. The lowest BCUT2D eigenvalue weighted by Gasteiger charge is -2.14. The SMILES string of the molecule is Cc1ccc(NC(=S)OC(C)C)c(C)c1. The van der Waals surface area contributed by atoms with Crippen LogP contribution in [0, 0.1) is 13.8 Å². The number of hydrogen-bond acceptors (Lipinski definition) is 2. The Bertz CT molecular complexity index is 361. The van der Waals surface area contributed by atoms with E-state index >= 15 is 0 Å². The molecular weight excluding hydrogens is 206 g/mol. The average molecular weight is 223 g/mol. The molecule has 0 aliphatic carbocycles. The van der Waals surface area contributed by atoms with E-state index in [9.17, 15) is 0 Å². The smallest absolute Gasteiger partial charge is 0.261 e. The Hall–Kier alpha value is -1.09. The summed E-state index contributed by atoms with van der Waals surface area (Å²) < 4.78 is 5.36. The van der Waals surface area contributed by atoms with Crippen molar-refractivity contribution in [1.29, 1.82) is 0 Å². The number of aryl methyl sites for hydroxylation is 2. The lowest BCUT2D eigenvalue weighted by Crippen LogP contribution is -2.18. The molecule has 0 fully saturated rings. The van der Waals surface area contributed by atoms with Crippen LogP contribution in [0.3, 0.4) is 0 Å². The number of hydrogen-bond donors (Lipinski definition) is 1. The number of nitrogens with one attached hydrogen (secondary N) is 1. The number of ether oxygens (including phenoxy) is 1. The van der Waals surface area contributed by atoms with Crippen LogP contribution in [0.4, 0.5) is 5.69 Å². The minimum absolute atomic E-state index is 0.107. The van der Waals surface area contributed by atoms with Gasteiger partial charge in [0.2, 0.25) is 0 Å². The van der Waals surface area contributed by atoms with Crippen molar-refractivity contribution in [2.24, 2.45) is 0 Å². The quantitative estimate of drug-likeness (QED) is 0.776. The van der Waals surface area contributed by atoms with Crippen molar-refractivity contribution in [1.82, 2.24) is 0 Å². The summed E-state index contributed by atoms with van der Waals surface area (Å²) >= 11 is 5.07. The van der Waals surface area contributed by atoms with E-state index in [-0.39, 0.29) is 6.10 Å². The predicted molar refractivity (Wildman–Crippen MR) is 68.4 cm³/mol. The average Bonchev–Trinajstić information content (AvgIpc) is 2.08. The normalized spacial score (nSPS) is 10.2. The van der Waals surface area contributed by atoms with Gasteiger partial charge in [-0.2, -0.15) is 0 Å². The maximum atomic E-state index is 5.36. The first-order chi connectivity index (χ1) is 6.99. The molecule has 15 heavy (non-hydrogen) atoms. The first-order valence-corrected chi connectivity index (χ1v) is 5.44. The molecule has 0 saturated heterocycles. The van der Waals surface area contributed by atoms with Crippen molar-refractivity contribution in [3.8, 4) is 0 Å². The molecule has 0 spiro atoms. The molecule has 0 unspecified atom stereocenters. The van der Waals surface area contributed by atoms with E-state index < -0.39 is 0 Å². The van der Waals surface area contributed by atoms with Crippen LogP contribution >= 0.6 is 12.2 Å². The second-order valence-electron chi connectivity index (χ2n) is 3.90. The largest absolute Gasteiger partial charge is 0.468 e. The third kappa shape index (κ3) is 3.88. The summed E-state index contributed by atoms with van der Waals surface area (Å²) in [5.41, 5.74) is 3.42. The maximum Gasteiger partial charge on any atom is 0.261 e. The Kier molecular flexibility index (Phi) is 4.09. The summed E-state index contributed by atoms with van der Waals surface area (Å²) in [5, 5.41) is 3.51. The highest BCUT2D eigenvalue weighted by Crippen LogP contribution is 2.16. The number of rotatable bonds is 2. The van der Waals surface area contributed by atoms with Gasteiger partial charge in [0, 0.05) is 5.69 Å². The second kappa shape index (κ2) is 5.12. The summed E-state index contributed by atoms with van der Waals surface area (Å²) in [6.07, 6.45) is 0.107. The zero-order valence-electron chi connectivity index (χ0n) is 9.63. The van der Waals surface area contributed by atoms with Crippen LogP contribution in [0.1, 0.15) is 25.0 Å². The van der Waals surface area contributed by atoms with Crippen LogP contribution < -0.4 is 5.32 Å². The summed E-state index contributed by atoms with van der Waals surface area (Å²) in [4.78, 5) is 0. The molecule has 1 aromatic rings. The van der Waals surface area contributed by atoms with E-state index in [0.717, 1.165) is 5.69 Å². The third-order valence-corrected chi connectivity index (χ3v) is 2.16. The van der Waals surface area contributed by atoms with Crippen molar-refractivity contribution in [2.75, 3.05) is 5.32 Å². The predicted octanol–water partition coefficient (Wildman–Crippen LogP) is 3.43. The number of benzene rings is 1. The Labute approximate surface area is 96.6 Å². The first kappa shape index (κ1) is 12.0. The number of anilines is 1. The van der Waals surface area contributed by atoms with Crippen LogP contribution in [-0.2, 0) is 4.74 Å². The summed E-state index contributed by atoms with van der Waals surface area (Å²) in [6.45, 7) is 8.03. The molecule has 0 saturated carbocycles. The zero-order valence-corrected chi connectivity index (χ0v) is 10.4. The molecule has 2 nitrogen and oxygen atoms in total. The van der Waals surface area contributed by atoms with Gasteiger partial charge in [-0.3, -0.25) is 0 Å². The standard InChI is InChI=1S/C12H17NOS/c1-8(2)14-12(15)13-11-6-5-9(3)7-10(11)4/h5-8H,1-4H3,(H,13,15). The van der Waals surface area contributed by atoms with Gasteiger partial charge in [0.25, 0.3) is 5.17 Å². The monoisotopic (exact) mass is 223 g/mol. The molecule has 1 N–H and O–H groups in total. The van der Waals surface area contributed by atoms with E-state index in [1.165, 1.54) is 11.1 Å². The van der Waals surface area contributed by atoms with E-state index in [1.807, 2.05) is 32.9 Å². The molecular formula is C12H17NOS. The Morgan fingerprint density at radius 3 is 2.53 bits per heavy atom. The van der Waals surface area contributed by atoms with E-state index in [2.05, 4.69) is 18.3 Å². The van der Waals surface area contributed by atoms with Crippen LogP contribution in [-0.4, -0.2) is 11.3 Å². The molecule has 0 amide bonds. The van der Waals surface area contributed by atoms with Gasteiger partial charge < -0.3 is 10.1 Å². The Morgan fingerprint density at radius 2 is 2.00 bits per heavy atom. The van der Waals surface area contributed by atoms with E-state index in [4.69, 9.17) is 17.0 Å². The van der Waals surface area contributed by atoms with Crippen LogP contribution in [0.15, 0.2) is 18.2 Å². The second-order valence-corrected chi connectivity index (χ2v) is 4.27. The molecule has 1 rings (SSSR count). The lowest BCUT2D eigenvalue weighted by molar-refractivity contribution is 0.235. The highest BCUT2D eigenvalue weighted by molar-refractivity contribution is 7.80. The van der Waals surface area contributed by atoms with Gasteiger partial charge in [-0.05, 0) is 51.5 Å². The van der Waals surface area contributed by atoms with Gasteiger partial charge in [0.1, 0.15) is 0 Å². The topological polar surface area (TPSA) is 21.3 Å². The molecule has 0 radical (unpaired) electrons. The fourth-order valence-electron chi connectivity index (χ4n) is 1.31. The third-order valence-electron chi connectivity index (χ3n) is 1.96. The fourth-order valence-corrected chi connectivity index (χ4v) is 1.61. The fraction of sp³-hybridized carbons (Fsp3) is 0.417. The van der Waals surface area contributed by atoms with Crippen molar-refractivity contribution in [3.05, 3.63) is 29.3 Å². The van der Waals surface area contributed by atoms with Crippen LogP contribution in [0.2, 0.25) is 0 Å². The van der Waals surface area contributed by atoms with Gasteiger partial charge in [-0.1, -0.05) is 17.7 Å². The van der Waals surface area contributed by atoms with Gasteiger partial charge in [-0.15, -0.1) is 0 Å². The first-order valence-electron chi connectivity index (χ1n) is 5.04. The molecule has 3 heteroatoms. The molecule has 1 aromatic carbocycles. The van der Waals surface area contributed by atoms with Gasteiger partial charge in [0.05, 0.1) is 6.10 Å². The Balaban J connectivity index is 2.68. The summed E-state index contributed by atoms with van der Waals surface area (Å²) in [5.74, 6) is 0. The van der Waals surface area contributed by atoms with Crippen LogP contribution in [0.5, 0.6) is 0 Å². The lowest BCUT2D eigenvalue weighted by atomic mass is 10.1. The van der Waals surface area contributed by atoms with Gasteiger partial charge in [-0.25, -0.2) is 0 Å². The molecule has 0 heterocycles. The molecule has 0 aliphatic heterocycles. The van der Waals surface area contributed by atoms with Crippen molar-refractivity contribution >= 4 is 23.1 Å². The van der Waals surface area contributed by atoms with Crippen molar-refractivity contribution in [3.63, 3.8) is 0 Å². The van der Waals surface area contributed by atoms with E-state index in [1.54, 1.807) is 0 Å². The molecule has 0 aliphatic rings. The summed E-state index contributed by atoms with van der Waals surface area (Å²) in [7, 11) is 0. The van der Waals surface area contributed by atoms with Crippen LogP contribution in [0.25, 0.3) is 0 Å². The van der Waals surface area contributed by atoms with Crippen molar-refractivity contribution < 1.29 is 4.74 Å². The van der Waals surface area contributed by atoms with Gasteiger partial charge in [0.15, 0.2) is 0 Å². The zero-order chi connectivity index (χ0) is 11.4. The Morgan fingerprint density at radius 1 is 1.33 bits per heavy atom. The van der Waals surface area contributed by atoms with Crippen molar-refractivity contribution in [2.45, 2.75) is 33.8 Å². The number of thiocarbonyl (C=S) groups is 1. The van der Waals surface area contributed by atoms with E-state index in [0.29, 0.717) is 5.17 Å². The highest BCUT2D eigenvalue weighted by Gasteiger charge is 2.03. The maximum absolute atomic E-state index is 5.36. The minimum atomic E-state index is 0.107. The molecule has 0 aromatic heterocycles. The minimum Gasteiger partial charge on any atom is -0.468 e.